The first-order chi connectivity index (χ1) is 20.0. The lowest BCUT2D eigenvalue weighted by Gasteiger charge is -2.33. The van der Waals surface area contributed by atoms with Gasteiger partial charge in [0.15, 0.2) is 0 Å². The third-order valence-corrected chi connectivity index (χ3v) is 9.84. The highest BCUT2D eigenvalue weighted by Crippen LogP contribution is 2.28. The van der Waals surface area contributed by atoms with E-state index in [1.807, 2.05) is 64.1 Å². The van der Waals surface area contributed by atoms with Gasteiger partial charge in [-0.15, -0.1) is 0 Å². The predicted molar refractivity (Wildman–Crippen MR) is 168 cm³/mol. The normalized spacial score (nSPS) is 14.7. The smallest absolute Gasteiger partial charge is 0.264 e. The maximum Gasteiger partial charge on any atom is 0.264 e. The standard InChI is InChI=1S/C34H43N3O4S/c1-24-14-17-31(18-15-24)42(40,41)37(32-19-16-26(3)20-27(32)4)23-33(38)36(22-29-11-9-10-25(2)21-29)28(5)34(39)35-30-12-7-6-8-13-30/h9-11,14-21,28,30H,6-8,12-13,22-23H2,1-5H3,(H,35,39)/t28-/m1/s1. The van der Waals surface area contributed by atoms with Crippen LogP contribution in [0.4, 0.5) is 5.69 Å². The molecule has 2 amide bonds. The lowest BCUT2D eigenvalue weighted by molar-refractivity contribution is -0.139. The van der Waals surface area contributed by atoms with E-state index < -0.39 is 28.5 Å². The summed E-state index contributed by atoms with van der Waals surface area (Å²) in [6.07, 6.45) is 5.18. The van der Waals surface area contributed by atoms with Gasteiger partial charge in [0, 0.05) is 12.6 Å². The lowest BCUT2D eigenvalue weighted by Crippen LogP contribution is -2.53. The van der Waals surface area contributed by atoms with E-state index in [1.54, 1.807) is 37.3 Å². The monoisotopic (exact) mass is 589 g/mol. The molecule has 0 unspecified atom stereocenters. The SMILES string of the molecule is Cc1ccc(S(=O)(=O)N(CC(=O)N(Cc2cccc(C)c2)[C@H](C)C(=O)NC2CCCCC2)c2ccc(C)cc2C)cc1. The average Bonchev–Trinajstić information content (AvgIpc) is 2.95. The number of hydrogen-bond acceptors (Lipinski definition) is 4. The lowest BCUT2D eigenvalue weighted by atomic mass is 9.95. The number of nitrogens with zero attached hydrogens (tertiary/aromatic N) is 2. The number of carbonyl (C=O) groups is 2. The van der Waals surface area contributed by atoms with Gasteiger partial charge in [0.05, 0.1) is 10.6 Å². The Hall–Kier alpha value is -3.65. The first kappa shape index (κ1) is 31.3. The summed E-state index contributed by atoms with van der Waals surface area (Å²) in [6.45, 7) is 9.13. The number of benzene rings is 3. The number of aryl methyl sites for hydroxylation is 4. The molecular weight excluding hydrogens is 546 g/mol. The molecule has 3 aromatic carbocycles. The highest BCUT2D eigenvalue weighted by Gasteiger charge is 2.33. The van der Waals surface area contributed by atoms with Crippen molar-refractivity contribution in [2.45, 2.75) is 90.2 Å². The number of carbonyl (C=O) groups excluding carboxylic acids is 2. The molecule has 0 radical (unpaired) electrons. The zero-order chi connectivity index (χ0) is 30.4. The Kier molecular flexibility index (Phi) is 10.1. The van der Waals surface area contributed by atoms with E-state index in [0.717, 1.165) is 53.5 Å². The second kappa shape index (κ2) is 13.6. The van der Waals surface area contributed by atoms with Crippen molar-refractivity contribution in [1.82, 2.24) is 10.2 Å². The summed E-state index contributed by atoms with van der Waals surface area (Å²) < 4.78 is 29.4. The van der Waals surface area contributed by atoms with E-state index in [9.17, 15) is 18.0 Å². The summed E-state index contributed by atoms with van der Waals surface area (Å²) >= 11 is 0. The number of rotatable bonds is 10. The molecular formula is C34H43N3O4S. The summed E-state index contributed by atoms with van der Waals surface area (Å²) in [4.78, 5) is 29.3. The zero-order valence-electron chi connectivity index (χ0n) is 25.4. The van der Waals surface area contributed by atoms with Gasteiger partial charge in [0.25, 0.3) is 10.0 Å². The summed E-state index contributed by atoms with van der Waals surface area (Å²) in [7, 11) is -4.10. The molecule has 0 heterocycles. The molecule has 1 aliphatic carbocycles. The van der Waals surface area contributed by atoms with Crippen LogP contribution in [-0.2, 0) is 26.2 Å². The van der Waals surface area contributed by atoms with Crippen molar-refractivity contribution >= 4 is 27.5 Å². The number of sulfonamides is 1. The second-order valence-electron chi connectivity index (χ2n) is 11.6. The van der Waals surface area contributed by atoms with Crippen LogP contribution in [0.3, 0.4) is 0 Å². The van der Waals surface area contributed by atoms with Crippen molar-refractivity contribution in [3.63, 3.8) is 0 Å². The minimum absolute atomic E-state index is 0.0956. The van der Waals surface area contributed by atoms with Crippen LogP contribution in [0.5, 0.6) is 0 Å². The number of nitrogens with one attached hydrogen (secondary N) is 1. The first-order valence-electron chi connectivity index (χ1n) is 14.8. The van der Waals surface area contributed by atoms with E-state index in [-0.39, 0.29) is 23.4 Å². The molecule has 1 fully saturated rings. The fraction of sp³-hybridized carbons (Fsp3) is 0.412. The third-order valence-electron chi connectivity index (χ3n) is 8.06. The maximum atomic E-state index is 14.2. The first-order valence-corrected chi connectivity index (χ1v) is 16.2. The van der Waals surface area contributed by atoms with Gasteiger partial charge < -0.3 is 10.2 Å². The largest absolute Gasteiger partial charge is 0.352 e. The van der Waals surface area contributed by atoms with Gasteiger partial charge in [0.1, 0.15) is 12.6 Å². The van der Waals surface area contributed by atoms with Crippen molar-refractivity contribution in [2.75, 3.05) is 10.8 Å². The maximum absolute atomic E-state index is 14.2. The minimum Gasteiger partial charge on any atom is -0.352 e. The molecule has 0 aromatic heterocycles. The van der Waals surface area contributed by atoms with Crippen molar-refractivity contribution in [1.29, 1.82) is 0 Å². The van der Waals surface area contributed by atoms with Gasteiger partial charge in [-0.1, -0.05) is 84.5 Å². The Morgan fingerprint density at radius 3 is 2.14 bits per heavy atom. The zero-order valence-corrected chi connectivity index (χ0v) is 26.2. The van der Waals surface area contributed by atoms with Gasteiger partial charge >= 0.3 is 0 Å². The Morgan fingerprint density at radius 2 is 1.50 bits per heavy atom. The van der Waals surface area contributed by atoms with Crippen LogP contribution in [0.2, 0.25) is 0 Å². The van der Waals surface area contributed by atoms with Gasteiger partial charge in [-0.25, -0.2) is 8.42 Å². The topological polar surface area (TPSA) is 86.8 Å². The number of amides is 2. The van der Waals surface area contributed by atoms with Crippen LogP contribution in [-0.4, -0.2) is 43.8 Å². The van der Waals surface area contributed by atoms with Gasteiger partial charge in [-0.05, 0) is 76.8 Å². The van der Waals surface area contributed by atoms with E-state index in [1.165, 1.54) is 15.6 Å². The molecule has 7 nitrogen and oxygen atoms in total. The average molecular weight is 590 g/mol. The van der Waals surface area contributed by atoms with Gasteiger partial charge in [0.2, 0.25) is 11.8 Å². The Balaban J connectivity index is 1.70. The molecule has 1 saturated carbocycles. The van der Waals surface area contributed by atoms with Gasteiger partial charge in [-0.3, -0.25) is 13.9 Å². The molecule has 3 aromatic rings. The van der Waals surface area contributed by atoms with E-state index >= 15 is 0 Å². The minimum atomic E-state index is -4.10. The highest BCUT2D eigenvalue weighted by atomic mass is 32.2. The van der Waals surface area contributed by atoms with Crippen LogP contribution in [0.15, 0.2) is 71.6 Å². The van der Waals surface area contributed by atoms with E-state index in [2.05, 4.69) is 5.32 Å². The van der Waals surface area contributed by atoms with Gasteiger partial charge in [-0.2, -0.15) is 0 Å². The number of hydrogen-bond donors (Lipinski definition) is 1. The summed E-state index contributed by atoms with van der Waals surface area (Å²) in [5.41, 5.74) is 5.02. The molecule has 4 rings (SSSR count). The molecule has 1 N–H and O–H groups in total. The fourth-order valence-electron chi connectivity index (χ4n) is 5.59. The molecule has 42 heavy (non-hydrogen) atoms. The summed E-state index contributed by atoms with van der Waals surface area (Å²) in [6, 6.07) is 19.2. The molecule has 0 bridgehead atoms. The Bertz CT molecular complexity index is 1510. The van der Waals surface area contributed by atoms with Crippen LogP contribution < -0.4 is 9.62 Å². The van der Waals surface area contributed by atoms with Crippen LogP contribution in [0, 0.1) is 27.7 Å². The third kappa shape index (κ3) is 7.59. The summed E-state index contributed by atoms with van der Waals surface area (Å²) in [5, 5.41) is 3.15. The molecule has 8 heteroatoms. The van der Waals surface area contributed by atoms with Crippen molar-refractivity contribution in [2.24, 2.45) is 0 Å². The fourth-order valence-corrected chi connectivity index (χ4v) is 7.07. The number of anilines is 1. The molecule has 1 aliphatic rings. The second-order valence-corrected chi connectivity index (χ2v) is 13.5. The van der Waals surface area contributed by atoms with Crippen LogP contribution >= 0.6 is 0 Å². The van der Waals surface area contributed by atoms with Crippen molar-refractivity contribution in [3.8, 4) is 0 Å². The predicted octanol–water partition coefficient (Wildman–Crippen LogP) is 5.98. The van der Waals surface area contributed by atoms with Crippen molar-refractivity contribution in [3.05, 3.63) is 94.5 Å². The highest BCUT2D eigenvalue weighted by molar-refractivity contribution is 7.92. The van der Waals surface area contributed by atoms with Crippen LogP contribution in [0.1, 0.15) is 66.8 Å². The Labute approximate surface area is 251 Å². The van der Waals surface area contributed by atoms with E-state index in [0.29, 0.717) is 5.69 Å². The molecule has 0 saturated heterocycles. The molecule has 224 valence electrons. The molecule has 1 atom stereocenters. The summed E-state index contributed by atoms with van der Waals surface area (Å²) in [5.74, 6) is -0.666. The van der Waals surface area contributed by atoms with Crippen molar-refractivity contribution < 1.29 is 18.0 Å². The van der Waals surface area contributed by atoms with E-state index in [4.69, 9.17) is 0 Å². The van der Waals surface area contributed by atoms with Crippen LogP contribution in [0.25, 0.3) is 0 Å². The molecule has 0 spiro atoms. The quantitative estimate of drug-likeness (QED) is 0.315. The molecule has 0 aliphatic heterocycles. The Morgan fingerprint density at radius 1 is 0.857 bits per heavy atom.